The average Bonchev–Trinajstić information content (AvgIpc) is 2.59. The van der Waals surface area contributed by atoms with Crippen LogP contribution in [0.4, 0.5) is 4.39 Å². The van der Waals surface area contributed by atoms with E-state index in [2.05, 4.69) is 4.98 Å². The first-order valence-corrected chi connectivity index (χ1v) is 8.84. The maximum Gasteiger partial charge on any atom is 0.255 e. The molecule has 1 heterocycles. The van der Waals surface area contributed by atoms with Gasteiger partial charge in [0.2, 0.25) is 0 Å². The van der Waals surface area contributed by atoms with Crippen LogP contribution in [-0.4, -0.2) is 15.8 Å². The van der Waals surface area contributed by atoms with Crippen molar-refractivity contribution in [2.24, 2.45) is 0 Å². The van der Waals surface area contributed by atoms with E-state index in [1.165, 1.54) is 34.5 Å². The van der Waals surface area contributed by atoms with Gasteiger partial charge in [0.15, 0.2) is 5.16 Å². The van der Waals surface area contributed by atoms with Crippen molar-refractivity contribution < 1.29 is 4.39 Å². The fourth-order valence-corrected chi connectivity index (χ4v) is 3.17. The highest BCUT2D eigenvalue weighted by Gasteiger charge is 2.14. The van der Waals surface area contributed by atoms with Crippen molar-refractivity contribution in [2.45, 2.75) is 11.7 Å². The zero-order valence-corrected chi connectivity index (χ0v) is 14.4. The summed E-state index contributed by atoms with van der Waals surface area (Å²) in [7, 11) is 0. The minimum Gasteiger partial charge on any atom is -0.283 e. The van der Waals surface area contributed by atoms with Gasteiger partial charge >= 0.3 is 0 Å². The number of hydrogen-bond donors (Lipinski definition) is 0. The number of thioether (sulfide) groups is 1. The predicted molar refractivity (Wildman–Crippen MR) is 96.2 cm³/mol. The summed E-state index contributed by atoms with van der Waals surface area (Å²) in [6.45, 7) is 0.0442. The van der Waals surface area contributed by atoms with Gasteiger partial charge in [-0.05, 0) is 18.4 Å². The van der Waals surface area contributed by atoms with E-state index < -0.39 is 5.82 Å². The second-order valence-corrected chi connectivity index (χ2v) is 6.30. The molecular formula is C18H14ClFN2OS. The molecule has 0 aliphatic carbocycles. The zero-order valence-electron chi connectivity index (χ0n) is 12.9. The Bertz CT molecular complexity index is 908. The lowest BCUT2D eigenvalue weighted by Crippen LogP contribution is -2.23. The molecule has 0 spiro atoms. The lowest BCUT2D eigenvalue weighted by molar-refractivity contribution is 0.577. The highest BCUT2D eigenvalue weighted by molar-refractivity contribution is 7.98. The van der Waals surface area contributed by atoms with Crippen LogP contribution in [0.2, 0.25) is 5.02 Å². The monoisotopic (exact) mass is 360 g/mol. The van der Waals surface area contributed by atoms with Crippen LogP contribution in [0, 0.1) is 5.82 Å². The third-order valence-corrected chi connectivity index (χ3v) is 4.63. The van der Waals surface area contributed by atoms with E-state index in [1.807, 2.05) is 36.6 Å². The Kier molecular flexibility index (Phi) is 5.02. The molecule has 0 aliphatic heterocycles. The molecule has 0 fully saturated rings. The molecule has 3 aromatic rings. The molecular weight excluding hydrogens is 347 g/mol. The molecule has 0 N–H and O–H groups in total. The van der Waals surface area contributed by atoms with Gasteiger partial charge in [0.1, 0.15) is 5.82 Å². The van der Waals surface area contributed by atoms with Gasteiger partial charge in [0.25, 0.3) is 5.56 Å². The fourth-order valence-electron chi connectivity index (χ4n) is 2.38. The average molecular weight is 361 g/mol. The van der Waals surface area contributed by atoms with Crippen LogP contribution in [0.5, 0.6) is 0 Å². The number of hydrogen-bond acceptors (Lipinski definition) is 3. The largest absolute Gasteiger partial charge is 0.283 e. The van der Waals surface area contributed by atoms with Crippen LogP contribution in [0.1, 0.15) is 5.56 Å². The fraction of sp³-hybridized carbons (Fsp3) is 0.111. The van der Waals surface area contributed by atoms with E-state index in [0.29, 0.717) is 15.9 Å². The predicted octanol–water partition coefficient (Wildman–Crippen LogP) is 4.47. The van der Waals surface area contributed by atoms with Crippen LogP contribution in [0.3, 0.4) is 0 Å². The number of rotatable bonds is 4. The Morgan fingerprint density at radius 3 is 2.58 bits per heavy atom. The highest BCUT2D eigenvalue weighted by Crippen LogP contribution is 2.23. The Balaban J connectivity index is 2.08. The smallest absolute Gasteiger partial charge is 0.255 e. The van der Waals surface area contributed by atoms with Crippen LogP contribution in [0.15, 0.2) is 64.5 Å². The van der Waals surface area contributed by atoms with Crippen molar-refractivity contribution >= 4 is 23.4 Å². The number of halogens is 2. The van der Waals surface area contributed by atoms with E-state index in [9.17, 15) is 9.18 Å². The molecule has 2 aromatic carbocycles. The molecule has 0 aliphatic rings. The summed E-state index contributed by atoms with van der Waals surface area (Å²) >= 11 is 7.41. The first-order valence-electron chi connectivity index (χ1n) is 7.24. The van der Waals surface area contributed by atoms with E-state index >= 15 is 0 Å². The normalized spacial score (nSPS) is 10.8. The molecule has 0 saturated carbocycles. The van der Waals surface area contributed by atoms with Crippen LogP contribution in [0.25, 0.3) is 11.3 Å². The quantitative estimate of drug-likeness (QED) is 0.508. The minimum absolute atomic E-state index is 0.0442. The van der Waals surface area contributed by atoms with Gasteiger partial charge in [-0.25, -0.2) is 9.37 Å². The summed E-state index contributed by atoms with van der Waals surface area (Å²) in [5.74, 6) is -0.436. The van der Waals surface area contributed by atoms with E-state index in [1.54, 1.807) is 6.07 Å². The Hall–Kier alpha value is -2.11. The maximum atomic E-state index is 14.0. The van der Waals surface area contributed by atoms with Gasteiger partial charge in [-0.3, -0.25) is 9.36 Å². The van der Waals surface area contributed by atoms with E-state index in [4.69, 9.17) is 11.6 Å². The highest BCUT2D eigenvalue weighted by atomic mass is 35.5. The molecule has 0 bridgehead atoms. The SMILES string of the molecule is CSc1nc(-c2ccccc2)cc(=O)n1Cc1c(F)cccc1Cl. The van der Waals surface area contributed by atoms with E-state index in [-0.39, 0.29) is 17.7 Å². The summed E-state index contributed by atoms with van der Waals surface area (Å²) < 4.78 is 15.5. The minimum atomic E-state index is -0.436. The summed E-state index contributed by atoms with van der Waals surface area (Å²) in [5, 5.41) is 0.807. The van der Waals surface area contributed by atoms with Crippen molar-refractivity contribution in [1.82, 2.24) is 9.55 Å². The van der Waals surface area contributed by atoms with Crippen LogP contribution in [-0.2, 0) is 6.54 Å². The standard InChI is InChI=1S/C18H14ClFN2OS/c1-24-18-21-16(12-6-3-2-4-7-12)10-17(23)22(18)11-13-14(19)8-5-9-15(13)20/h2-10H,11H2,1H3. The summed E-state index contributed by atoms with van der Waals surface area (Å²) in [6, 6.07) is 15.4. The van der Waals surface area contributed by atoms with Crippen molar-refractivity contribution in [3.05, 3.63) is 81.4 Å². The topological polar surface area (TPSA) is 34.9 Å². The second-order valence-electron chi connectivity index (χ2n) is 5.12. The lowest BCUT2D eigenvalue weighted by Gasteiger charge is -2.13. The van der Waals surface area contributed by atoms with Crippen LogP contribution < -0.4 is 5.56 Å². The number of benzene rings is 2. The van der Waals surface area contributed by atoms with Gasteiger partial charge in [-0.1, -0.05) is 59.8 Å². The molecule has 6 heteroatoms. The molecule has 3 nitrogen and oxygen atoms in total. The summed E-state index contributed by atoms with van der Waals surface area (Å²) in [5.41, 5.74) is 1.50. The van der Waals surface area contributed by atoms with Crippen molar-refractivity contribution in [3.63, 3.8) is 0 Å². The summed E-state index contributed by atoms with van der Waals surface area (Å²) in [4.78, 5) is 17.1. The van der Waals surface area contributed by atoms with Crippen molar-refractivity contribution in [1.29, 1.82) is 0 Å². The maximum absolute atomic E-state index is 14.0. The van der Waals surface area contributed by atoms with Gasteiger partial charge in [0, 0.05) is 22.2 Å². The van der Waals surface area contributed by atoms with Gasteiger partial charge < -0.3 is 0 Å². The van der Waals surface area contributed by atoms with Gasteiger partial charge in [-0.15, -0.1) is 0 Å². The molecule has 1 aromatic heterocycles. The number of nitrogens with zero attached hydrogens (tertiary/aromatic N) is 2. The van der Waals surface area contributed by atoms with Gasteiger partial charge in [0.05, 0.1) is 12.2 Å². The Morgan fingerprint density at radius 1 is 1.17 bits per heavy atom. The Morgan fingerprint density at radius 2 is 1.92 bits per heavy atom. The van der Waals surface area contributed by atoms with Crippen LogP contribution >= 0.6 is 23.4 Å². The molecule has 0 unspecified atom stereocenters. The molecule has 122 valence electrons. The van der Waals surface area contributed by atoms with Crippen molar-refractivity contribution in [2.75, 3.05) is 6.26 Å². The Labute approximate surface area is 148 Å². The number of aromatic nitrogens is 2. The molecule has 0 radical (unpaired) electrons. The zero-order chi connectivity index (χ0) is 17.1. The first-order chi connectivity index (χ1) is 11.6. The molecule has 3 rings (SSSR count). The van der Waals surface area contributed by atoms with Gasteiger partial charge in [-0.2, -0.15) is 0 Å². The summed E-state index contributed by atoms with van der Waals surface area (Å²) in [6.07, 6.45) is 1.83. The lowest BCUT2D eigenvalue weighted by atomic mass is 10.1. The van der Waals surface area contributed by atoms with E-state index in [0.717, 1.165) is 5.56 Å². The molecule has 0 saturated heterocycles. The molecule has 0 amide bonds. The first kappa shape index (κ1) is 16.7. The van der Waals surface area contributed by atoms with Crippen molar-refractivity contribution in [3.8, 4) is 11.3 Å². The third-order valence-electron chi connectivity index (χ3n) is 3.60. The third kappa shape index (κ3) is 3.37. The second kappa shape index (κ2) is 7.20. The molecule has 24 heavy (non-hydrogen) atoms. The molecule has 0 atom stereocenters.